The summed E-state index contributed by atoms with van der Waals surface area (Å²) < 4.78 is 0. The van der Waals surface area contributed by atoms with E-state index in [1.807, 2.05) is 13.8 Å². The van der Waals surface area contributed by atoms with Gasteiger partial charge in [-0.3, -0.25) is 19.2 Å². The Morgan fingerprint density at radius 1 is 0.821 bits per heavy atom. The fourth-order valence-corrected chi connectivity index (χ4v) is 3.79. The third-order valence-corrected chi connectivity index (χ3v) is 5.91. The van der Waals surface area contributed by atoms with E-state index in [0.29, 0.717) is 24.9 Å². The Labute approximate surface area is 227 Å². The third-order valence-electron chi connectivity index (χ3n) is 5.91. The number of carbonyl (C=O) groups excluding carboxylic acids is 3. The summed E-state index contributed by atoms with van der Waals surface area (Å²) in [6, 6.07) is 1.62. The summed E-state index contributed by atoms with van der Waals surface area (Å²) in [5.41, 5.74) is 12.3. The summed E-state index contributed by atoms with van der Waals surface area (Å²) >= 11 is 0. The van der Waals surface area contributed by atoms with E-state index in [-0.39, 0.29) is 37.4 Å². The SMILES string of the molecule is CC(C)CC(NC(=O)C(CCCCN)NC(=O)C(N)Cc1ccc(O)cc1)C(=O)NC(CCC(=O)O)C(=O)O. The lowest BCUT2D eigenvalue weighted by atomic mass is 10.0. The minimum Gasteiger partial charge on any atom is -0.508 e. The van der Waals surface area contributed by atoms with Crippen LogP contribution in [0.2, 0.25) is 0 Å². The maximum absolute atomic E-state index is 13.2. The number of nitrogens with one attached hydrogen (secondary N) is 3. The number of carboxylic acid groups (broad SMARTS) is 2. The molecule has 0 saturated carbocycles. The molecule has 0 aliphatic heterocycles. The highest BCUT2D eigenvalue weighted by molar-refractivity contribution is 5.94. The van der Waals surface area contributed by atoms with E-state index in [1.54, 1.807) is 12.1 Å². The Kier molecular flexibility index (Phi) is 14.5. The van der Waals surface area contributed by atoms with Crippen molar-refractivity contribution in [3.05, 3.63) is 29.8 Å². The number of aromatic hydroxyl groups is 1. The molecular weight excluding hydrogens is 510 g/mol. The normalized spacial score (nSPS) is 14.1. The van der Waals surface area contributed by atoms with E-state index in [1.165, 1.54) is 12.1 Å². The zero-order valence-corrected chi connectivity index (χ0v) is 22.4. The van der Waals surface area contributed by atoms with Gasteiger partial charge in [-0.1, -0.05) is 26.0 Å². The van der Waals surface area contributed by atoms with Crippen molar-refractivity contribution in [1.82, 2.24) is 16.0 Å². The number of carboxylic acids is 2. The van der Waals surface area contributed by atoms with Crippen LogP contribution in [0.4, 0.5) is 0 Å². The van der Waals surface area contributed by atoms with Gasteiger partial charge >= 0.3 is 11.9 Å². The molecule has 0 aliphatic rings. The van der Waals surface area contributed by atoms with Gasteiger partial charge in [-0.25, -0.2) is 4.79 Å². The summed E-state index contributed by atoms with van der Waals surface area (Å²) in [6.45, 7) is 4.01. The number of rotatable bonds is 18. The second kappa shape index (κ2) is 17.0. The minimum atomic E-state index is -1.45. The summed E-state index contributed by atoms with van der Waals surface area (Å²) in [5, 5.41) is 35.2. The Morgan fingerprint density at radius 2 is 1.38 bits per heavy atom. The predicted molar refractivity (Wildman–Crippen MR) is 142 cm³/mol. The predicted octanol–water partition coefficient (Wildman–Crippen LogP) is -0.159. The fourth-order valence-electron chi connectivity index (χ4n) is 3.79. The molecule has 218 valence electrons. The van der Waals surface area contributed by atoms with Crippen molar-refractivity contribution < 1.29 is 39.3 Å². The van der Waals surface area contributed by atoms with Gasteiger partial charge in [0.15, 0.2) is 0 Å². The number of benzene rings is 1. The van der Waals surface area contributed by atoms with Gasteiger partial charge in [-0.15, -0.1) is 0 Å². The van der Waals surface area contributed by atoms with Crippen LogP contribution in [0, 0.1) is 5.92 Å². The van der Waals surface area contributed by atoms with Crippen LogP contribution in [0.25, 0.3) is 0 Å². The molecule has 0 aromatic heterocycles. The molecule has 0 radical (unpaired) electrons. The van der Waals surface area contributed by atoms with E-state index in [2.05, 4.69) is 16.0 Å². The summed E-state index contributed by atoms with van der Waals surface area (Å²) in [6.07, 6.45) is 0.889. The largest absolute Gasteiger partial charge is 0.508 e. The van der Waals surface area contributed by atoms with Gasteiger partial charge in [0.25, 0.3) is 0 Å². The molecule has 0 fully saturated rings. The first-order valence-electron chi connectivity index (χ1n) is 12.9. The van der Waals surface area contributed by atoms with Crippen molar-refractivity contribution in [3.8, 4) is 5.75 Å². The van der Waals surface area contributed by atoms with Gasteiger partial charge in [0.2, 0.25) is 17.7 Å². The van der Waals surface area contributed by atoms with Gasteiger partial charge in [0.05, 0.1) is 6.04 Å². The molecule has 0 bridgehead atoms. The van der Waals surface area contributed by atoms with Crippen LogP contribution in [0.3, 0.4) is 0 Å². The van der Waals surface area contributed by atoms with E-state index < -0.39 is 60.2 Å². The molecule has 0 heterocycles. The van der Waals surface area contributed by atoms with Gasteiger partial charge < -0.3 is 42.7 Å². The van der Waals surface area contributed by atoms with E-state index in [4.69, 9.17) is 16.6 Å². The van der Waals surface area contributed by atoms with E-state index in [9.17, 15) is 34.2 Å². The van der Waals surface area contributed by atoms with Gasteiger partial charge in [0, 0.05) is 6.42 Å². The molecule has 0 spiro atoms. The molecule has 4 atom stereocenters. The molecule has 4 unspecified atom stereocenters. The number of amides is 3. The van der Waals surface area contributed by atoms with Gasteiger partial charge in [0.1, 0.15) is 23.9 Å². The van der Waals surface area contributed by atoms with E-state index >= 15 is 0 Å². The maximum atomic E-state index is 13.2. The summed E-state index contributed by atoms with van der Waals surface area (Å²) in [7, 11) is 0. The fraction of sp³-hybridized carbons (Fsp3) is 0.577. The number of carbonyl (C=O) groups is 5. The molecule has 10 N–H and O–H groups in total. The average Bonchev–Trinajstić information content (AvgIpc) is 2.86. The molecule has 1 aromatic rings. The van der Waals surface area contributed by atoms with Crippen LogP contribution in [0.5, 0.6) is 5.75 Å². The molecule has 1 rings (SSSR count). The first kappa shape index (κ1) is 33.3. The highest BCUT2D eigenvalue weighted by Crippen LogP contribution is 2.12. The van der Waals surface area contributed by atoms with Crippen molar-refractivity contribution in [2.24, 2.45) is 17.4 Å². The quantitative estimate of drug-likeness (QED) is 0.112. The van der Waals surface area contributed by atoms with Gasteiger partial charge in [-0.2, -0.15) is 0 Å². The second-order valence-corrected chi connectivity index (χ2v) is 9.85. The lowest BCUT2D eigenvalue weighted by molar-refractivity contribution is -0.143. The number of unbranched alkanes of at least 4 members (excludes halogenated alkanes) is 1. The smallest absolute Gasteiger partial charge is 0.326 e. The summed E-state index contributed by atoms with van der Waals surface area (Å²) in [4.78, 5) is 61.4. The topological polar surface area (TPSA) is 234 Å². The van der Waals surface area contributed by atoms with Crippen LogP contribution in [-0.2, 0) is 30.4 Å². The third kappa shape index (κ3) is 13.1. The standard InChI is InChI=1S/C26H41N5O8/c1-15(2)13-21(25(37)30-20(26(38)39)10-11-22(33)34)31-24(36)19(5-3-4-12-27)29-23(35)18(28)14-16-6-8-17(32)9-7-16/h6-9,15,18-21,32H,3-5,10-14,27-28H2,1-2H3,(H,29,35)(H,30,37)(H,31,36)(H,33,34)(H,38,39). The second-order valence-electron chi connectivity index (χ2n) is 9.85. The first-order valence-corrected chi connectivity index (χ1v) is 12.9. The minimum absolute atomic E-state index is 0.0626. The lowest BCUT2D eigenvalue weighted by Crippen LogP contribution is -2.57. The Morgan fingerprint density at radius 3 is 1.92 bits per heavy atom. The highest BCUT2D eigenvalue weighted by Gasteiger charge is 2.30. The van der Waals surface area contributed by atoms with Crippen molar-refractivity contribution >= 4 is 29.7 Å². The maximum Gasteiger partial charge on any atom is 0.326 e. The van der Waals surface area contributed by atoms with Crippen molar-refractivity contribution in [2.45, 2.75) is 83.0 Å². The molecule has 13 nitrogen and oxygen atoms in total. The zero-order valence-electron chi connectivity index (χ0n) is 22.4. The van der Waals surface area contributed by atoms with Crippen molar-refractivity contribution in [3.63, 3.8) is 0 Å². The monoisotopic (exact) mass is 551 g/mol. The Bertz CT molecular complexity index is 970. The number of phenols is 1. The number of aliphatic carboxylic acids is 2. The van der Waals surface area contributed by atoms with Crippen molar-refractivity contribution in [2.75, 3.05) is 6.54 Å². The molecule has 39 heavy (non-hydrogen) atoms. The molecule has 0 aliphatic carbocycles. The van der Waals surface area contributed by atoms with Crippen LogP contribution < -0.4 is 27.4 Å². The number of nitrogens with two attached hydrogens (primary N) is 2. The molecule has 3 amide bonds. The van der Waals surface area contributed by atoms with Gasteiger partial charge in [-0.05, 0) is 68.7 Å². The Balaban J connectivity index is 2.98. The number of hydrogen-bond acceptors (Lipinski definition) is 8. The van der Waals surface area contributed by atoms with Crippen LogP contribution in [-0.4, -0.2) is 75.7 Å². The molecule has 0 saturated heterocycles. The number of phenolic OH excluding ortho intramolecular Hbond substituents is 1. The lowest BCUT2D eigenvalue weighted by Gasteiger charge is -2.26. The Hall–Kier alpha value is -3.71. The highest BCUT2D eigenvalue weighted by atomic mass is 16.4. The van der Waals surface area contributed by atoms with Crippen LogP contribution in [0.1, 0.15) is 57.9 Å². The molecule has 1 aromatic carbocycles. The first-order chi connectivity index (χ1) is 18.3. The van der Waals surface area contributed by atoms with Crippen molar-refractivity contribution in [1.29, 1.82) is 0 Å². The van der Waals surface area contributed by atoms with E-state index in [0.717, 1.165) is 0 Å². The zero-order chi connectivity index (χ0) is 29.5. The van der Waals surface area contributed by atoms with Crippen LogP contribution in [0.15, 0.2) is 24.3 Å². The molecular formula is C26H41N5O8. The molecule has 13 heteroatoms. The van der Waals surface area contributed by atoms with Crippen LogP contribution >= 0.6 is 0 Å². The average molecular weight is 552 g/mol. The number of hydrogen-bond donors (Lipinski definition) is 8. The summed E-state index contributed by atoms with van der Waals surface area (Å²) in [5.74, 6) is -4.59.